The molecule has 0 fully saturated rings. The minimum Gasteiger partial charge on any atom is -0.497 e. The second-order valence-corrected chi connectivity index (χ2v) is 9.71. The standard InChI is InChI=1S/C34H32N2O4/c1-24-23-32(30-11-7-8-12-31(30)35(24)34(38)26-16-20-29(40-3)21-17-26)36(27-9-5-4-6-10-27)33(37)22-15-25-13-18-28(39-2)19-14-25/h4-22,24,32H,23H2,1-3H3/b22-15+/t24-,32-/m1/s1. The van der Waals surface area contributed by atoms with E-state index in [2.05, 4.69) is 0 Å². The molecule has 0 unspecified atom stereocenters. The van der Waals surface area contributed by atoms with Crippen LogP contribution < -0.4 is 19.3 Å². The van der Waals surface area contributed by atoms with E-state index < -0.39 is 0 Å². The average molecular weight is 533 g/mol. The predicted molar refractivity (Wildman–Crippen MR) is 159 cm³/mol. The molecule has 1 heterocycles. The van der Waals surface area contributed by atoms with Crippen molar-refractivity contribution in [1.82, 2.24) is 0 Å². The zero-order valence-electron chi connectivity index (χ0n) is 22.9. The number of anilines is 2. The van der Waals surface area contributed by atoms with Crippen LogP contribution in [-0.4, -0.2) is 32.1 Å². The van der Waals surface area contributed by atoms with E-state index in [1.54, 1.807) is 44.6 Å². The Morgan fingerprint density at radius 3 is 2.05 bits per heavy atom. The minimum absolute atomic E-state index is 0.0851. The average Bonchev–Trinajstić information content (AvgIpc) is 3.00. The topological polar surface area (TPSA) is 59.1 Å². The summed E-state index contributed by atoms with van der Waals surface area (Å²) in [5.74, 6) is 1.24. The van der Waals surface area contributed by atoms with Gasteiger partial charge in [0.2, 0.25) is 0 Å². The lowest BCUT2D eigenvalue weighted by Crippen LogP contribution is -2.47. The number of para-hydroxylation sites is 2. The van der Waals surface area contributed by atoms with Gasteiger partial charge in [0.05, 0.1) is 20.3 Å². The number of amides is 2. The van der Waals surface area contributed by atoms with E-state index in [0.29, 0.717) is 17.7 Å². The molecule has 0 saturated heterocycles. The third kappa shape index (κ3) is 5.47. The number of carbonyl (C=O) groups excluding carboxylic acids is 2. The molecule has 40 heavy (non-hydrogen) atoms. The summed E-state index contributed by atoms with van der Waals surface area (Å²) in [5, 5.41) is 0. The van der Waals surface area contributed by atoms with Crippen LogP contribution in [0, 0.1) is 0 Å². The van der Waals surface area contributed by atoms with Crippen molar-refractivity contribution in [1.29, 1.82) is 0 Å². The molecule has 6 heteroatoms. The van der Waals surface area contributed by atoms with Gasteiger partial charge in [-0.1, -0.05) is 48.5 Å². The van der Waals surface area contributed by atoms with E-state index in [4.69, 9.17) is 9.47 Å². The van der Waals surface area contributed by atoms with E-state index in [-0.39, 0.29) is 23.9 Å². The number of carbonyl (C=O) groups is 2. The van der Waals surface area contributed by atoms with Crippen LogP contribution in [0.15, 0.2) is 109 Å². The largest absolute Gasteiger partial charge is 0.497 e. The van der Waals surface area contributed by atoms with Crippen molar-refractivity contribution in [3.05, 3.63) is 126 Å². The first kappa shape index (κ1) is 26.8. The molecule has 6 nitrogen and oxygen atoms in total. The maximum atomic E-state index is 13.9. The Balaban J connectivity index is 1.51. The molecule has 0 bridgehead atoms. The Morgan fingerprint density at radius 2 is 1.40 bits per heavy atom. The highest BCUT2D eigenvalue weighted by atomic mass is 16.5. The zero-order chi connectivity index (χ0) is 28.1. The molecule has 0 N–H and O–H groups in total. The molecule has 0 spiro atoms. The van der Waals surface area contributed by atoms with Gasteiger partial charge in [-0.2, -0.15) is 0 Å². The summed E-state index contributed by atoms with van der Waals surface area (Å²) in [5.41, 5.74) is 4.02. The van der Waals surface area contributed by atoms with Crippen molar-refractivity contribution in [3.8, 4) is 11.5 Å². The van der Waals surface area contributed by atoms with Crippen molar-refractivity contribution < 1.29 is 19.1 Å². The number of fused-ring (bicyclic) bond motifs is 1. The zero-order valence-corrected chi connectivity index (χ0v) is 22.9. The summed E-state index contributed by atoms with van der Waals surface area (Å²) < 4.78 is 10.5. The van der Waals surface area contributed by atoms with Gasteiger partial charge >= 0.3 is 0 Å². The highest BCUT2D eigenvalue weighted by Gasteiger charge is 2.38. The molecule has 2 atom stereocenters. The number of hydrogen-bond acceptors (Lipinski definition) is 4. The Hall–Kier alpha value is -4.84. The van der Waals surface area contributed by atoms with Crippen molar-refractivity contribution in [2.45, 2.75) is 25.4 Å². The van der Waals surface area contributed by atoms with Gasteiger partial charge in [0.15, 0.2) is 0 Å². The maximum Gasteiger partial charge on any atom is 0.258 e. The van der Waals surface area contributed by atoms with Crippen LogP contribution in [0.4, 0.5) is 11.4 Å². The molecule has 5 rings (SSSR count). The van der Waals surface area contributed by atoms with E-state index in [1.165, 1.54) is 0 Å². The number of rotatable bonds is 7. The first-order valence-corrected chi connectivity index (χ1v) is 13.3. The van der Waals surface area contributed by atoms with Crippen LogP contribution in [0.3, 0.4) is 0 Å². The first-order valence-electron chi connectivity index (χ1n) is 13.3. The molecule has 0 saturated carbocycles. The number of hydrogen-bond donors (Lipinski definition) is 0. The normalized spacial score (nSPS) is 16.3. The van der Waals surface area contributed by atoms with E-state index >= 15 is 0 Å². The highest BCUT2D eigenvalue weighted by molar-refractivity contribution is 6.08. The molecule has 202 valence electrons. The van der Waals surface area contributed by atoms with Crippen molar-refractivity contribution in [2.75, 3.05) is 24.0 Å². The summed E-state index contributed by atoms with van der Waals surface area (Å²) in [6, 6.07) is 31.8. The van der Waals surface area contributed by atoms with Crippen LogP contribution in [0.5, 0.6) is 11.5 Å². The first-order chi connectivity index (χ1) is 19.5. The molecule has 1 aliphatic heterocycles. The summed E-state index contributed by atoms with van der Waals surface area (Å²) in [6.07, 6.45) is 4.00. The third-order valence-corrected chi connectivity index (χ3v) is 7.23. The summed E-state index contributed by atoms with van der Waals surface area (Å²) >= 11 is 0. The van der Waals surface area contributed by atoms with Gasteiger partial charge in [0, 0.05) is 29.1 Å². The lowest BCUT2D eigenvalue weighted by Gasteiger charge is -2.43. The summed E-state index contributed by atoms with van der Waals surface area (Å²) in [6.45, 7) is 2.03. The fraction of sp³-hybridized carbons (Fsp3) is 0.176. The van der Waals surface area contributed by atoms with Gasteiger partial charge in [0.25, 0.3) is 11.8 Å². The molecule has 0 radical (unpaired) electrons. The van der Waals surface area contributed by atoms with E-state index in [0.717, 1.165) is 28.3 Å². The van der Waals surface area contributed by atoms with Crippen molar-refractivity contribution in [2.24, 2.45) is 0 Å². The SMILES string of the molecule is COc1ccc(/C=C/C(=O)N(c2ccccc2)[C@@H]2C[C@@H](C)N(C(=O)c3ccc(OC)cc3)c3ccccc32)cc1. The van der Waals surface area contributed by atoms with Gasteiger partial charge in [-0.05, 0) is 85.1 Å². The maximum absolute atomic E-state index is 13.9. The lowest BCUT2D eigenvalue weighted by atomic mass is 9.89. The molecule has 0 aromatic heterocycles. The smallest absolute Gasteiger partial charge is 0.258 e. The molecular formula is C34H32N2O4. The van der Waals surface area contributed by atoms with Crippen LogP contribution in [0.1, 0.15) is 40.9 Å². The second kappa shape index (κ2) is 11.9. The number of benzene rings is 4. The van der Waals surface area contributed by atoms with Gasteiger partial charge in [-0.25, -0.2) is 0 Å². The van der Waals surface area contributed by atoms with Gasteiger partial charge in [-0.15, -0.1) is 0 Å². The summed E-state index contributed by atoms with van der Waals surface area (Å²) in [7, 11) is 3.23. The quantitative estimate of drug-likeness (QED) is 0.242. The van der Waals surface area contributed by atoms with Crippen LogP contribution >= 0.6 is 0 Å². The van der Waals surface area contributed by atoms with Crippen molar-refractivity contribution in [3.63, 3.8) is 0 Å². The monoisotopic (exact) mass is 532 g/mol. The number of nitrogens with zero attached hydrogens (tertiary/aromatic N) is 2. The molecule has 4 aromatic rings. The Morgan fingerprint density at radius 1 is 0.800 bits per heavy atom. The molecule has 0 aliphatic carbocycles. The van der Waals surface area contributed by atoms with Gasteiger partial charge < -0.3 is 19.3 Å². The molecule has 1 aliphatic rings. The fourth-order valence-electron chi connectivity index (χ4n) is 5.22. The molecule has 4 aromatic carbocycles. The minimum atomic E-state index is -0.262. The Labute approximate surface area is 235 Å². The van der Waals surface area contributed by atoms with Crippen LogP contribution in [0.2, 0.25) is 0 Å². The molecular weight excluding hydrogens is 500 g/mol. The van der Waals surface area contributed by atoms with Crippen LogP contribution in [-0.2, 0) is 4.79 Å². The molecule has 2 amide bonds. The van der Waals surface area contributed by atoms with E-state index in [9.17, 15) is 9.59 Å². The highest BCUT2D eigenvalue weighted by Crippen LogP contribution is 2.43. The fourth-order valence-corrected chi connectivity index (χ4v) is 5.22. The van der Waals surface area contributed by atoms with Gasteiger partial charge in [-0.3, -0.25) is 9.59 Å². The third-order valence-electron chi connectivity index (χ3n) is 7.23. The van der Waals surface area contributed by atoms with Crippen molar-refractivity contribution >= 4 is 29.3 Å². The summed E-state index contributed by atoms with van der Waals surface area (Å²) in [4.78, 5) is 31.3. The lowest BCUT2D eigenvalue weighted by molar-refractivity contribution is -0.114. The van der Waals surface area contributed by atoms with Crippen LogP contribution in [0.25, 0.3) is 6.08 Å². The predicted octanol–water partition coefficient (Wildman–Crippen LogP) is 6.93. The number of methoxy groups -OCH3 is 2. The Kier molecular flexibility index (Phi) is 7.97. The van der Waals surface area contributed by atoms with Gasteiger partial charge in [0.1, 0.15) is 11.5 Å². The van der Waals surface area contributed by atoms with E-state index in [1.807, 2.05) is 102 Å². The number of ether oxygens (including phenoxy) is 2. The second-order valence-electron chi connectivity index (χ2n) is 9.71. The Bertz CT molecular complexity index is 1500.